The molecule has 1 saturated heterocycles. The van der Waals surface area contributed by atoms with E-state index >= 15 is 0 Å². The summed E-state index contributed by atoms with van der Waals surface area (Å²) >= 11 is 0. The van der Waals surface area contributed by atoms with E-state index in [1.807, 2.05) is 52.9 Å². The molecule has 1 fully saturated rings. The summed E-state index contributed by atoms with van der Waals surface area (Å²) in [5, 5.41) is 10.7. The Morgan fingerprint density at radius 2 is 1.88 bits per heavy atom. The minimum Gasteiger partial charge on any atom is -0.481 e. The van der Waals surface area contributed by atoms with Crippen LogP contribution in [0.15, 0.2) is 59.6 Å². The van der Waals surface area contributed by atoms with Gasteiger partial charge in [-0.15, -0.1) is 0 Å². The van der Waals surface area contributed by atoms with Gasteiger partial charge in [-0.3, -0.25) is 14.5 Å². The molecular weight excluding hydrogens is 440 g/mol. The highest BCUT2D eigenvalue weighted by Gasteiger charge is 2.30. The van der Waals surface area contributed by atoms with Crippen LogP contribution in [0.4, 0.5) is 11.4 Å². The third-order valence-electron chi connectivity index (χ3n) is 6.48. The fraction of sp³-hybridized carbons (Fsp3) is 0.250. The second kappa shape index (κ2) is 7.77. The molecule has 2 aromatic carbocycles. The van der Waals surface area contributed by atoms with E-state index < -0.39 is 21.9 Å². The van der Waals surface area contributed by atoms with E-state index in [-0.39, 0.29) is 4.90 Å². The lowest BCUT2D eigenvalue weighted by Gasteiger charge is -2.21. The molecule has 33 heavy (non-hydrogen) atoms. The highest BCUT2D eigenvalue weighted by molar-refractivity contribution is 7.93. The summed E-state index contributed by atoms with van der Waals surface area (Å²) in [5.41, 5.74) is 3.37. The summed E-state index contributed by atoms with van der Waals surface area (Å²) in [7, 11) is -2.03. The second-order valence-corrected chi connectivity index (χ2v) is 10.0. The lowest BCUT2D eigenvalue weighted by Crippen LogP contribution is -2.23. The molecule has 0 aliphatic carbocycles. The number of fused-ring (bicyclic) bond motifs is 2. The van der Waals surface area contributed by atoms with Crippen LogP contribution in [0.25, 0.3) is 21.8 Å². The summed E-state index contributed by atoms with van der Waals surface area (Å²) in [6, 6.07) is 14.5. The largest absolute Gasteiger partial charge is 0.481 e. The Kier molecular flexibility index (Phi) is 5.01. The molecule has 3 heterocycles. The van der Waals surface area contributed by atoms with Gasteiger partial charge in [0.05, 0.1) is 22.8 Å². The minimum absolute atomic E-state index is 0.255. The zero-order valence-electron chi connectivity index (χ0n) is 18.3. The molecule has 1 aliphatic heterocycles. The Bertz CT molecular complexity index is 1510. The molecule has 4 aromatic rings. The first kappa shape index (κ1) is 21.3. The highest BCUT2D eigenvalue weighted by atomic mass is 32.2. The van der Waals surface area contributed by atoms with Crippen LogP contribution in [0.2, 0.25) is 0 Å². The third kappa shape index (κ3) is 3.48. The van der Waals surface area contributed by atoms with Crippen molar-refractivity contribution in [3.05, 3.63) is 60.4 Å². The predicted octanol–water partition coefficient (Wildman–Crippen LogP) is 3.75. The summed E-state index contributed by atoms with van der Waals surface area (Å²) in [6.45, 7) is 2.81. The number of pyridine rings is 1. The van der Waals surface area contributed by atoms with Crippen LogP contribution >= 0.6 is 0 Å². The monoisotopic (exact) mass is 464 g/mol. The number of hydrogen-bond acceptors (Lipinski definition) is 5. The van der Waals surface area contributed by atoms with Crippen molar-refractivity contribution in [2.45, 2.75) is 18.2 Å². The van der Waals surface area contributed by atoms with E-state index in [1.54, 1.807) is 25.3 Å². The van der Waals surface area contributed by atoms with Crippen molar-refractivity contribution in [2.24, 2.45) is 13.0 Å². The molecule has 2 aromatic heterocycles. The number of aliphatic carboxylic acids is 1. The molecule has 5 rings (SSSR count). The van der Waals surface area contributed by atoms with Gasteiger partial charge < -0.3 is 14.6 Å². The van der Waals surface area contributed by atoms with Crippen molar-refractivity contribution in [1.29, 1.82) is 0 Å². The minimum atomic E-state index is -3.88. The van der Waals surface area contributed by atoms with Crippen molar-refractivity contribution >= 4 is 49.2 Å². The van der Waals surface area contributed by atoms with E-state index in [4.69, 9.17) is 0 Å². The fourth-order valence-corrected chi connectivity index (χ4v) is 6.26. The molecule has 0 amide bonds. The Balaban J connectivity index is 1.57. The van der Waals surface area contributed by atoms with Gasteiger partial charge in [0.25, 0.3) is 10.0 Å². The van der Waals surface area contributed by atoms with Crippen molar-refractivity contribution in [2.75, 3.05) is 22.7 Å². The standard InChI is InChI=1S/C24H24N4O4S/c1-15-23(18-6-3-4-8-20(18)27(15)2)33(31,32)26-19-9-10-21(22-17(19)7-5-12-25-22)28-13-11-16(14-28)24(29)30/h3-10,12,16,26H,11,13-14H2,1-2H3,(H,29,30)/t16-/m1/s1. The van der Waals surface area contributed by atoms with Crippen LogP contribution < -0.4 is 9.62 Å². The van der Waals surface area contributed by atoms with Gasteiger partial charge in [0.1, 0.15) is 4.90 Å². The maximum absolute atomic E-state index is 13.5. The molecule has 0 unspecified atom stereocenters. The number of benzene rings is 2. The van der Waals surface area contributed by atoms with E-state index in [9.17, 15) is 18.3 Å². The van der Waals surface area contributed by atoms with Crippen molar-refractivity contribution in [3.63, 3.8) is 0 Å². The number of sulfonamides is 1. The van der Waals surface area contributed by atoms with Crippen LogP contribution in [0.3, 0.4) is 0 Å². The molecule has 0 bridgehead atoms. The molecule has 2 N–H and O–H groups in total. The summed E-state index contributed by atoms with van der Waals surface area (Å²) in [6.07, 6.45) is 2.22. The Morgan fingerprint density at radius 1 is 1.12 bits per heavy atom. The SMILES string of the molecule is Cc1c(S(=O)(=O)Nc2ccc(N3CC[C@@H](C(=O)O)C3)c3ncccc23)c2ccccc2n1C. The molecule has 0 spiro atoms. The summed E-state index contributed by atoms with van der Waals surface area (Å²) < 4.78 is 31.7. The van der Waals surface area contributed by atoms with Gasteiger partial charge in [-0.05, 0) is 43.7 Å². The molecule has 9 heteroatoms. The van der Waals surface area contributed by atoms with E-state index in [1.165, 1.54) is 0 Å². The van der Waals surface area contributed by atoms with Crippen molar-refractivity contribution < 1.29 is 18.3 Å². The van der Waals surface area contributed by atoms with Gasteiger partial charge in [-0.25, -0.2) is 8.42 Å². The average molecular weight is 465 g/mol. The maximum atomic E-state index is 13.5. The van der Waals surface area contributed by atoms with Crippen LogP contribution in [-0.4, -0.2) is 42.1 Å². The Labute approximate surface area is 191 Å². The van der Waals surface area contributed by atoms with E-state index in [0.29, 0.717) is 47.2 Å². The number of rotatable bonds is 5. The third-order valence-corrected chi connectivity index (χ3v) is 8.02. The van der Waals surface area contributed by atoms with E-state index in [0.717, 1.165) is 11.2 Å². The number of para-hydroxylation sites is 1. The number of carboxylic acid groups (broad SMARTS) is 1. The molecule has 0 saturated carbocycles. The quantitative estimate of drug-likeness (QED) is 0.466. The molecule has 170 valence electrons. The highest BCUT2D eigenvalue weighted by Crippen LogP contribution is 2.36. The topological polar surface area (TPSA) is 105 Å². The normalized spacial score (nSPS) is 16.5. The first-order valence-corrected chi connectivity index (χ1v) is 12.2. The fourth-order valence-electron chi connectivity index (χ4n) is 4.70. The number of nitrogens with one attached hydrogen (secondary N) is 1. The molecule has 0 radical (unpaired) electrons. The zero-order valence-corrected chi connectivity index (χ0v) is 19.1. The molecular formula is C24H24N4O4S. The molecule has 1 aliphatic rings. The second-order valence-electron chi connectivity index (χ2n) is 8.40. The number of aromatic nitrogens is 2. The number of carboxylic acids is 1. The Hall–Kier alpha value is -3.59. The summed E-state index contributed by atoms with van der Waals surface area (Å²) in [5.74, 6) is -1.22. The van der Waals surface area contributed by atoms with Crippen LogP contribution in [0.1, 0.15) is 12.1 Å². The number of anilines is 2. The van der Waals surface area contributed by atoms with Crippen LogP contribution in [0, 0.1) is 12.8 Å². The van der Waals surface area contributed by atoms with Crippen LogP contribution in [0.5, 0.6) is 0 Å². The number of hydrogen-bond donors (Lipinski definition) is 2. The molecule has 1 atom stereocenters. The average Bonchev–Trinajstić information content (AvgIpc) is 3.38. The number of nitrogens with zero attached hydrogens (tertiary/aromatic N) is 3. The smallest absolute Gasteiger partial charge is 0.308 e. The zero-order chi connectivity index (χ0) is 23.3. The Morgan fingerprint density at radius 3 is 2.64 bits per heavy atom. The van der Waals surface area contributed by atoms with Gasteiger partial charge in [-0.1, -0.05) is 18.2 Å². The number of aryl methyl sites for hydroxylation is 1. The molecule has 8 nitrogen and oxygen atoms in total. The van der Waals surface area contributed by atoms with E-state index in [2.05, 4.69) is 9.71 Å². The van der Waals surface area contributed by atoms with Gasteiger partial charge >= 0.3 is 5.97 Å². The van der Waals surface area contributed by atoms with Crippen molar-refractivity contribution in [3.8, 4) is 0 Å². The predicted molar refractivity (Wildman–Crippen MR) is 128 cm³/mol. The van der Waals surface area contributed by atoms with Crippen molar-refractivity contribution in [1.82, 2.24) is 9.55 Å². The first-order valence-electron chi connectivity index (χ1n) is 10.7. The van der Waals surface area contributed by atoms with Gasteiger partial charge in [-0.2, -0.15) is 0 Å². The number of carbonyl (C=O) groups is 1. The lowest BCUT2D eigenvalue weighted by molar-refractivity contribution is -0.140. The summed E-state index contributed by atoms with van der Waals surface area (Å²) in [4.78, 5) is 18.1. The van der Waals surface area contributed by atoms with Gasteiger partial charge in [0, 0.05) is 48.3 Å². The van der Waals surface area contributed by atoms with Crippen LogP contribution in [-0.2, 0) is 21.9 Å². The van der Waals surface area contributed by atoms with Gasteiger partial charge in [0.2, 0.25) is 0 Å². The first-order chi connectivity index (χ1) is 15.8. The lowest BCUT2D eigenvalue weighted by atomic mass is 10.1. The van der Waals surface area contributed by atoms with Gasteiger partial charge in [0.15, 0.2) is 0 Å². The maximum Gasteiger partial charge on any atom is 0.308 e.